The van der Waals surface area contributed by atoms with Crippen LogP contribution in [0.2, 0.25) is 0 Å². The summed E-state index contributed by atoms with van der Waals surface area (Å²) in [6.07, 6.45) is 0.970. The number of carbonyl (C=O) groups is 4. The predicted molar refractivity (Wildman–Crippen MR) is 90.6 cm³/mol. The van der Waals surface area contributed by atoms with Gasteiger partial charge in [-0.2, -0.15) is 0 Å². The molecule has 0 saturated carbocycles. The lowest BCUT2D eigenvalue weighted by Gasteiger charge is -2.30. The number of nitrogens with one attached hydrogen (secondary N) is 2. The van der Waals surface area contributed by atoms with Crippen molar-refractivity contribution in [1.82, 2.24) is 15.5 Å². The summed E-state index contributed by atoms with van der Waals surface area (Å²) in [6.45, 7) is 6.24. The summed E-state index contributed by atoms with van der Waals surface area (Å²) < 4.78 is 10.4. The van der Waals surface area contributed by atoms with Crippen LogP contribution in [-0.4, -0.2) is 66.7 Å². The van der Waals surface area contributed by atoms with Crippen molar-refractivity contribution >= 4 is 24.2 Å². The van der Waals surface area contributed by atoms with Crippen LogP contribution in [0.1, 0.15) is 40.0 Å². The van der Waals surface area contributed by atoms with Crippen LogP contribution in [0.5, 0.6) is 0 Å². The lowest BCUT2D eigenvalue weighted by Crippen LogP contribution is -2.55. The maximum absolute atomic E-state index is 12.8. The molecule has 0 radical (unpaired) electrons. The number of cyclic esters (lactones) is 1. The molecule has 0 aliphatic carbocycles. The van der Waals surface area contributed by atoms with Crippen molar-refractivity contribution in [3.8, 4) is 0 Å². The van der Waals surface area contributed by atoms with Gasteiger partial charge in [0.15, 0.2) is 0 Å². The number of hydrogen-bond donors (Lipinski definition) is 2. The number of esters is 1. The largest absolute Gasteiger partial charge is 0.433 e. The standard InChI is InChI=1S/C17H27N3O6/c1-4-25-17-11(8-13(22)26-17)19-15(23)12-6-5-7-20(12)16(24)14(10(2)3)18-9-21/h9-12,14,17H,4-8H2,1-3H3,(H,18,21)(H,19,23)/t11-,12-,14-,17+/m0/s1. The minimum Gasteiger partial charge on any atom is -0.433 e. The zero-order valence-electron chi connectivity index (χ0n) is 15.4. The van der Waals surface area contributed by atoms with Gasteiger partial charge in [-0.05, 0) is 25.7 Å². The van der Waals surface area contributed by atoms with Crippen molar-refractivity contribution in [3.05, 3.63) is 0 Å². The highest BCUT2D eigenvalue weighted by molar-refractivity contribution is 5.91. The van der Waals surface area contributed by atoms with E-state index in [1.807, 2.05) is 13.8 Å². The first-order valence-electron chi connectivity index (χ1n) is 9.00. The van der Waals surface area contributed by atoms with Crippen LogP contribution in [0.3, 0.4) is 0 Å². The van der Waals surface area contributed by atoms with Crippen molar-refractivity contribution in [2.75, 3.05) is 13.2 Å². The zero-order valence-corrected chi connectivity index (χ0v) is 15.4. The topological polar surface area (TPSA) is 114 Å². The van der Waals surface area contributed by atoms with Crippen molar-refractivity contribution in [1.29, 1.82) is 0 Å². The van der Waals surface area contributed by atoms with E-state index in [-0.39, 0.29) is 24.2 Å². The monoisotopic (exact) mass is 369 g/mol. The van der Waals surface area contributed by atoms with E-state index in [0.29, 0.717) is 32.4 Å². The molecule has 0 aromatic heterocycles. The number of carbonyl (C=O) groups excluding carboxylic acids is 4. The fourth-order valence-electron chi connectivity index (χ4n) is 3.35. The van der Waals surface area contributed by atoms with Crippen LogP contribution in [0.4, 0.5) is 0 Å². The predicted octanol–water partition coefficient (Wildman–Crippen LogP) is -0.458. The third kappa shape index (κ3) is 4.51. The maximum atomic E-state index is 12.8. The van der Waals surface area contributed by atoms with Gasteiger partial charge >= 0.3 is 5.97 Å². The van der Waals surface area contributed by atoms with Gasteiger partial charge in [0.1, 0.15) is 18.1 Å². The molecule has 4 atom stereocenters. The average molecular weight is 369 g/mol. The summed E-state index contributed by atoms with van der Waals surface area (Å²) in [5.74, 6) is -1.13. The summed E-state index contributed by atoms with van der Waals surface area (Å²) in [5.41, 5.74) is 0. The van der Waals surface area contributed by atoms with Gasteiger partial charge in [-0.15, -0.1) is 0 Å². The second-order valence-corrected chi connectivity index (χ2v) is 6.83. The van der Waals surface area contributed by atoms with E-state index in [2.05, 4.69) is 10.6 Å². The van der Waals surface area contributed by atoms with Gasteiger partial charge in [-0.25, -0.2) is 0 Å². The third-order valence-electron chi connectivity index (χ3n) is 4.64. The molecule has 3 amide bonds. The van der Waals surface area contributed by atoms with Crippen molar-refractivity contribution < 1.29 is 28.7 Å². The van der Waals surface area contributed by atoms with Gasteiger partial charge in [0.2, 0.25) is 24.5 Å². The fourth-order valence-corrected chi connectivity index (χ4v) is 3.35. The summed E-state index contributed by atoms with van der Waals surface area (Å²) in [7, 11) is 0. The first-order chi connectivity index (χ1) is 12.4. The number of amides is 3. The number of rotatable bonds is 8. The van der Waals surface area contributed by atoms with Crippen LogP contribution in [0.25, 0.3) is 0 Å². The van der Waals surface area contributed by atoms with Crippen LogP contribution >= 0.6 is 0 Å². The molecule has 9 nitrogen and oxygen atoms in total. The van der Waals surface area contributed by atoms with Gasteiger partial charge < -0.3 is 25.0 Å². The summed E-state index contributed by atoms with van der Waals surface area (Å²) >= 11 is 0. The van der Waals surface area contributed by atoms with Crippen LogP contribution in [0, 0.1) is 5.92 Å². The fraction of sp³-hybridized carbons (Fsp3) is 0.765. The molecule has 0 unspecified atom stereocenters. The Balaban J connectivity index is 2.04. The average Bonchev–Trinajstić information content (AvgIpc) is 3.19. The molecule has 0 aromatic carbocycles. The second kappa shape index (κ2) is 8.98. The van der Waals surface area contributed by atoms with Gasteiger partial charge in [0.25, 0.3) is 0 Å². The molecule has 2 N–H and O–H groups in total. The second-order valence-electron chi connectivity index (χ2n) is 6.83. The molecule has 146 valence electrons. The Morgan fingerprint density at radius 2 is 2.15 bits per heavy atom. The highest BCUT2D eigenvalue weighted by Crippen LogP contribution is 2.22. The molecular weight excluding hydrogens is 342 g/mol. The number of likely N-dealkylation sites (tertiary alicyclic amines) is 1. The van der Waals surface area contributed by atoms with Gasteiger partial charge in [-0.3, -0.25) is 19.2 Å². The highest BCUT2D eigenvalue weighted by atomic mass is 16.7. The summed E-state index contributed by atoms with van der Waals surface area (Å²) in [6, 6.07) is -1.87. The van der Waals surface area contributed by atoms with E-state index in [4.69, 9.17) is 9.47 Å². The molecule has 2 saturated heterocycles. The molecule has 9 heteroatoms. The molecule has 2 heterocycles. The Morgan fingerprint density at radius 3 is 2.77 bits per heavy atom. The molecule has 0 aromatic rings. The van der Waals surface area contributed by atoms with Crippen molar-refractivity contribution in [3.63, 3.8) is 0 Å². The molecule has 0 spiro atoms. The summed E-state index contributed by atoms with van der Waals surface area (Å²) in [4.78, 5) is 49.3. The minimum absolute atomic E-state index is 0.0401. The number of hydrogen-bond acceptors (Lipinski definition) is 6. The molecule has 2 aliphatic rings. The zero-order chi connectivity index (χ0) is 19.3. The van der Waals surface area contributed by atoms with E-state index in [0.717, 1.165) is 0 Å². The Hall–Kier alpha value is -2.16. The van der Waals surface area contributed by atoms with Crippen molar-refractivity contribution in [2.24, 2.45) is 5.92 Å². The first kappa shape index (κ1) is 20.2. The Labute approximate surface area is 152 Å². The summed E-state index contributed by atoms with van der Waals surface area (Å²) in [5, 5.41) is 5.31. The van der Waals surface area contributed by atoms with Crippen LogP contribution in [-0.2, 0) is 28.7 Å². The lowest BCUT2D eigenvalue weighted by atomic mass is 10.0. The maximum Gasteiger partial charge on any atom is 0.310 e. The van der Waals surface area contributed by atoms with Crippen LogP contribution in [0.15, 0.2) is 0 Å². The lowest BCUT2D eigenvalue weighted by molar-refractivity contribution is -0.164. The van der Waals surface area contributed by atoms with E-state index in [1.54, 1.807) is 6.92 Å². The van der Waals surface area contributed by atoms with E-state index < -0.39 is 30.4 Å². The molecule has 26 heavy (non-hydrogen) atoms. The normalized spacial score (nSPS) is 26.5. The van der Waals surface area contributed by atoms with Gasteiger partial charge in [0.05, 0.1) is 6.42 Å². The van der Waals surface area contributed by atoms with Gasteiger partial charge in [-0.1, -0.05) is 13.8 Å². The molecule has 2 fully saturated rings. The van der Waals surface area contributed by atoms with Crippen LogP contribution < -0.4 is 10.6 Å². The Bertz CT molecular complexity index is 553. The highest BCUT2D eigenvalue weighted by Gasteiger charge is 2.42. The minimum atomic E-state index is -0.804. The number of nitrogens with zero attached hydrogens (tertiary/aromatic N) is 1. The quantitative estimate of drug-likeness (QED) is 0.442. The molecular formula is C17H27N3O6. The van der Waals surface area contributed by atoms with Crippen molar-refractivity contribution in [2.45, 2.75) is 64.4 Å². The Kier molecular flexibility index (Phi) is 6.96. The number of ether oxygens (including phenoxy) is 2. The van der Waals surface area contributed by atoms with E-state index in [9.17, 15) is 19.2 Å². The molecule has 2 aliphatic heterocycles. The third-order valence-corrected chi connectivity index (χ3v) is 4.64. The molecule has 2 rings (SSSR count). The van der Waals surface area contributed by atoms with E-state index >= 15 is 0 Å². The smallest absolute Gasteiger partial charge is 0.310 e. The SMILES string of the molecule is CCO[C@@H]1OC(=O)C[C@@H]1NC(=O)[C@@H]1CCCN1C(=O)[C@@H](NC=O)C(C)C. The Morgan fingerprint density at radius 1 is 1.42 bits per heavy atom. The molecule has 0 bridgehead atoms. The van der Waals surface area contributed by atoms with E-state index in [1.165, 1.54) is 4.90 Å². The van der Waals surface area contributed by atoms with Gasteiger partial charge in [0, 0.05) is 13.2 Å². The first-order valence-corrected chi connectivity index (χ1v) is 9.00.